The fourth-order valence-corrected chi connectivity index (χ4v) is 1.11. The van der Waals surface area contributed by atoms with Gasteiger partial charge in [-0.2, -0.15) is 0 Å². The van der Waals surface area contributed by atoms with Gasteiger partial charge in [0.1, 0.15) is 0 Å². The third-order valence-corrected chi connectivity index (χ3v) is 1.86. The molecule has 0 fully saturated rings. The van der Waals surface area contributed by atoms with Crippen molar-refractivity contribution >= 4 is 5.97 Å². The van der Waals surface area contributed by atoms with E-state index in [2.05, 4.69) is 18.4 Å². The van der Waals surface area contributed by atoms with E-state index in [1.165, 1.54) is 0 Å². The summed E-state index contributed by atoms with van der Waals surface area (Å²) in [5.41, 5.74) is 0. The van der Waals surface area contributed by atoms with Crippen molar-refractivity contribution in [2.24, 2.45) is 0 Å². The lowest BCUT2D eigenvalue weighted by atomic mass is 10.3. The normalized spacial score (nSPS) is 10.3. The lowest BCUT2D eigenvalue weighted by Crippen LogP contribution is -2.27. The van der Waals surface area contributed by atoms with Crippen LogP contribution in [0.25, 0.3) is 0 Å². The van der Waals surface area contributed by atoms with Crippen LogP contribution in [0.1, 0.15) is 26.2 Å². The third kappa shape index (κ3) is 7.53. The first-order valence-corrected chi connectivity index (χ1v) is 4.75. The van der Waals surface area contributed by atoms with Crippen LogP contribution in [0.4, 0.5) is 0 Å². The van der Waals surface area contributed by atoms with Crippen molar-refractivity contribution < 1.29 is 9.90 Å². The predicted molar refractivity (Wildman–Crippen MR) is 53.8 cm³/mol. The number of hydrogen-bond donors (Lipinski definition) is 1. The zero-order chi connectivity index (χ0) is 10.1. The zero-order valence-electron chi connectivity index (χ0n) is 8.33. The molecule has 0 spiro atoms. The number of carboxylic acids is 1. The maximum absolute atomic E-state index is 10.3. The van der Waals surface area contributed by atoms with Crippen molar-refractivity contribution in [2.45, 2.75) is 26.2 Å². The number of nitrogens with zero attached hydrogens (tertiary/aromatic N) is 1. The molecule has 0 aliphatic heterocycles. The molecule has 76 valence electrons. The summed E-state index contributed by atoms with van der Waals surface area (Å²) >= 11 is 0. The zero-order valence-corrected chi connectivity index (χ0v) is 8.33. The summed E-state index contributed by atoms with van der Waals surface area (Å²) in [7, 11) is 0. The van der Waals surface area contributed by atoms with Crippen LogP contribution in [0.15, 0.2) is 12.7 Å². The highest BCUT2D eigenvalue weighted by molar-refractivity contribution is 5.66. The Bertz CT molecular complexity index is 157. The molecular weight excluding hydrogens is 166 g/mol. The van der Waals surface area contributed by atoms with Gasteiger partial charge in [0.15, 0.2) is 0 Å². The van der Waals surface area contributed by atoms with Crippen LogP contribution in [0.3, 0.4) is 0 Å². The molecule has 0 rings (SSSR count). The Hall–Kier alpha value is -0.830. The largest absolute Gasteiger partial charge is 0.481 e. The van der Waals surface area contributed by atoms with Crippen LogP contribution in [-0.2, 0) is 4.79 Å². The molecule has 0 aromatic rings. The van der Waals surface area contributed by atoms with E-state index in [4.69, 9.17) is 5.11 Å². The second-order valence-corrected chi connectivity index (χ2v) is 3.09. The topological polar surface area (TPSA) is 40.5 Å². The molecule has 0 saturated heterocycles. The van der Waals surface area contributed by atoms with E-state index in [0.29, 0.717) is 6.54 Å². The summed E-state index contributed by atoms with van der Waals surface area (Å²) < 4.78 is 0. The van der Waals surface area contributed by atoms with Crippen molar-refractivity contribution in [1.29, 1.82) is 0 Å². The van der Waals surface area contributed by atoms with Gasteiger partial charge in [0.05, 0.1) is 6.42 Å². The Kier molecular flexibility index (Phi) is 7.30. The number of unbranched alkanes of at least 4 members (excludes halogenated alkanes) is 1. The first-order chi connectivity index (χ1) is 6.20. The van der Waals surface area contributed by atoms with Crippen molar-refractivity contribution in [2.75, 3.05) is 19.6 Å². The maximum atomic E-state index is 10.3. The van der Waals surface area contributed by atoms with E-state index in [0.717, 1.165) is 25.9 Å². The van der Waals surface area contributed by atoms with Gasteiger partial charge in [-0.05, 0) is 13.0 Å². The number of aliphatic carboxylic acids is 1. The fraction of sp³-hybridized carbons (Fsp3) is 0.700. The van der Waals surface area contributed by atoms with E-state index >= 15 is 0 Å². The monoisotopic (exact) mass is 185 g/mol. The van der Waals surface area contributed by atoms with E-state index in [9.17, 15) is 4.79 Å². The molecular formula is C10H19NO2. The Labute approximate surface area is 80.0 Å². The number of rotatable bonds is 8. The van der Waals surface area contributed by atoms with Gasteiger partial charge in [0, 0.05) is 13.1 Å². The van der Waals surface area contributed by atoms with Crippen molar-refractivity contribution in [1.82, 2.24) is 4.90 Å². The van der Waals surface area contributed by atoms with Crippen LogP contribution < -0.4 is 0 Å². The molecule has 0 bridgehead atoms. The highest BCUT2D eigenvalue weighted by Crippen LogP contribution is 1.96. The maximum Gasteiger partial charge on any atom is 0.304 e. The van der Waals surface area contributed by atoms with E-state index in [1.807, 2.05) is 6.08 Å². The number of carboxylic acid groups (broad SMARTS) is 1. The van der Waals surface area contributed by atoms with Crippen molar-refractivity contribution in [3.63, 3.8) is 0 Å². The summed E-state index contributed by atoms with van der Waals surface area (Å²) in [6.45, 7) is 8.15. The molecule has 13 heavy (non-hydrogen) atoms. The molecule has 0 aromatic heterocycles. The number of carbonyl (C=O) groups is 1. The Balaban J connectivity index is 3.65. The van der Waals surface area contributed by atoms with Crippen LogP contribution >= 0.6 is 0 Å². The second kappa shape index (κ2) is 7.80. The molecule has 0 heterocycles. The van der Waals surface area contributed by atoms with E-state index < -0.39 is 5.97 Å². The summed E-state index contributed by atoms with van der Waals surface area (Å²) in [4.78, 5) is 12.4. The molecule has 0 radical (unpaired) electrons. The van der Waals surface area contributed by atoms with Crippen LogP contribution in [0, 0.1) is 0 Å². The summed E-state index contributed by atoms with van der Waals surface area (Å²) in [6.07, 6.45) is 4.29. The van der Waals surface area contributed by atoms with Gasteiger partial charge in [-0.15, -0.1) is 6.58 Å². The minimum absolute atomic E-state index is 0.220. The number of hydrogen-bond acceptors (Lipinski definition) is 2. The first-order valence-electron chi connectivity index (χ1n) is 4.75. The molecule has 1 N–H and O–H groups in total. The third-order valence-electron chi connectivity index (χ3n) is 1.86. The SMILES string of the molecule is C=CCN(CCCC)CCC(=O)O. The van der Waals surface area contributed by atoms with E-state index in [1.54, 1.807) is 0 Å². The predicted octanol–water partition coefficient (Wildman–Crippen LogP) is 1.75. The fourth-order valence-electron chi connectivity index (χ4n) is 1.11. The molecule has 0 unspecified atom stereocenters. The molecule has 0 atom stereocenters. The average molecular weight is 185 g/mol. The van der Waals surface area contributed by atoms with Gasteiger partial charge in [0.2, 0.25) is 0 Å². The smallest absolute Gasteiger partial charge is 0.304 e. The van der Waals surface area contributed by atoms with Gasteiger partial charge >= 0.3 is 5.97 Å². The van der Waals surface area contributed by atoms with Gasteiger partial charge in [-0.25, -0.2) is 0 Å². The lowest BCUT2D eigenvalue weighted by Gasteiger charge is -2.18. The Morgan fingerprint density at radius 3 is 2.69 bits per heavy atom. The minimum Gasteiger partial charge on any atom is -0.481 e. The van der Waals surface area contributed by atoms with Gasteiger partial charge in [0.25, 0.3) is 0 Å². The van der Waals surface area contributed by atoms with Gasteiger partial charge in [-0.3, -0.25) is 9.69 Å². The van der Waals surface area contributed by atoms with Gasteiger partial charge < -0.3 is 5.11 Å². The van der Waals surface area contributed by atoms with Crippen LogP contribution in [-0.4, -0.2) is 35.6 Å². The molecule has 3 nitrogen and oxygen atoms in total. The molecule has 0 amide bonds. The molecule has 0 aliphatic rings. The molecule has 3 heteroatoms. The van der Waals surface area contributed by atoms with Crippen LogP contribution in [0.5, 0.6) is 0 Å². The summed E-state index contributed by atoms with van der Waals surface area (Å²) in [5.74, 6) is -0.731. The van der Waals surface area contributed by atoms with Crippen LogP contribution in [0.2, 0.25) is 0 Å². The van der Waals surface area contributed by atoms with Gasteiger partial charge in [-0.1, -0.05) is 19.4 Å². The summed E-state index contributed by atoms with van der Waals surface area (Å²) in [6, 6.07) is 0. The highest BCUT2D eigenvalue weighted by atomic mass is 16.4. The minimum atomic E-state index is -0.731. The average Bonchev–Trinajstić information content (AvgIpc) is 2.09. The molecule has 0 aliphatic carbocycles. The quantitative estimate of drug-likeness (QED) is 0.586. The Morgan fingerprint density at radius 2 is 2.23 bits per heavy atom. The van der Waals surface area contributed by atoms with Crippen molar-refractivity contribution in [3.05, 3.63) is 12.7 Å². The highest BCUT2D eigenvalue weighted by Gasteiger charge is 2.04. The van der Waals surface area contributed by atoms with E-state index in [-0.39, 0.29) is 6.42 Å². The summed E-state index contributed by atoms with van der Waals surface area (Å²) in [5, 5.41) is 8.50. The molecule has 0 aromatic carbocycles. The first kappa shape index (κ1) is 12.2. The van der Waals surface area contributed by atoms with Crippen molar-refractivity contribution in [3.8, 4) is 0 Å². The Morgan fingerprint density at radius 1 is 1.54 bits per heavy atom. The molecule has 0 saturated carbocycles. The lowest BCUT2D eigenvalue weighted by molar-refractivity contribution is -0.137. The second-order valence-electron chi connectivity index (χ2n) is 3.09. The standard InChI is InChI=1S/C10H19NO2/c1-3-5-8-11(7-4-2)9-6-10(12)13/h4H,2-3,5-9H2,1H3,(H,12,13).